The minimum Gasteiger partial charge on any atom is -0.348 e. The van der Waals surface area contributed by atoms with Crippen molar-refractivity contribution in [1.29, 1.82) is 0 Å². The van der Waals surface area contributed by atoms with Crippen molar-refractivity contribution < 1.29 is 14.3 Å². The van der Waals surface area contributed by atoms with E-state index in [0.717, 1.165) is 0 Å². The Bertz CT molecular complexity index is 345. The van der Waals surface area contributed by atoms with Crippen LogP contribution in [0, 0.1) is 5.41 Å². The van der Waals surface area contributed by atoms with Crippen LogP contribution < -0.4 is 11.2 Å². The Morgan fingerprint density at radius 3 is 2.61 bits per heavy atom. The molecule has 1 aliphatic heterocycles. The SMILES string of the molecule is CC1(C)OC/C(=N/NC(=O)C(C)(C)C)C(N)CO1. The van der Waals surface area contributed by atoms with E-state index in [1.165, 1.54) is 0 Å². The van der Waals surface area contributed by atoms with Crippen molar-refractivity contribution in [2.75, 3.05) is 13.2 Å². The molecule has 1 saturated heterocycles. The summed E-state index contributed by atoms with van der Waals surface area (Å²) in [5.74, 6) is -0.838. The molecule has 6 nitrogen and oxygen atoms in total. The number of nitrogens with one attached hydrogen (secondary N) is 1. The molecule has 18 heavy (non-hydrogen) atoms. The number of amides is 1. The van der Waals surface area contributed by atoms with Gasteiger partial charge in [0.2, 0.25) is 5.91 Å². The van der Waals surface area contributed by atoms with Gasteiger partial charge in [-0.25, -0.2) is 5.43 Å². The van der Waals surface area contributed by atoms with E-state index in [1.54, 1.807) is 0 Å². The minimum atomic E-state index is -0.678. The van der Waals surface area contributed by atoms with Crippen LogP contribution in [0.15, 0.2) is 5.10 Å². The van der Waals surface area contributed by atoms with Gasteiger partial charge in [0.15, 0.2) is 5.79 Å². The lowest BCUT2D eigenvalue weighted by atomic mass is 9.96. The maximum atomic E-state index is 11.7. The van der Waals surface area contributed by atoms with Crippen LogP contribution in [0.3, 0.4) is 0 Å². The summed E-state index contributed by atoms with van der Waals surface area (Å²) in [6.45, 7) is 9.65. The molecule has 3 N–H and O–H groups in total. The van der Waals surface area contributed by atoms with Gasteiger partial charge in [0.1, 0.15) is 0 Å². The fourth-order valence-corrected chi connectivity index (χ4v) is 1.19. The summed E-state index contributed by atoms with van der Waals surface area (Å²) < 4.78 is 11.0. The maximum absolute atomic E-state index is 11.7. The summed E-state index contributed by atoms with van der Waals surface area (Å²) in [6.07, 6.45) is 0. The van der Waals surface area contributed by atoms with Gasteiger partial charge >= 0.3 is 0 Å². The predicted octanol–water partition coefficient (Wildman–Crippen LogP) is 0.615. The minimum absolute atomic E-state index is 0.161. The van der Waals surface area contributed by atoms with Crippen LogP contribution in [-0.4, -0.2) is 36.7 Å². The maximum Gasteiger partial charge on any atom is 0.245 e. The number of nitrogens with zero attached hydrogens (tertiary/aromatic N) is 1. The van der Waals surface area contributed by atoms with Crippen LogP contribution in [0.1, 0.15) is 34.6 Å². The highest BCUT2D eigenvalue weighted by atomic mass is 16.7. The average Bonchev–Trinajstić information content (AvgIpc) is 2.35. The van der Waals surface area contributed by atoms with E-state index in [0.29, 0.717) is 12.3 Å². The van der Waals surface area contributed by atoms with Crippen LogP contribution in [0.2, 0.25) is 0 Å². The standard InChI is InChI=1S/C12H23N3O3/c1-11(2,3)10(16)15-14-9-7-18-12(4,5)17-6-8(9)13/h8H,6-7,13H2,1-5H3,(H,15,16)/b14-9-. The topological polar surface area (TPSA) is 85.9 Å². The monoisotopic (exact) mass is 257 g/mol. The highest BCUT2D eigenvalue weighted by Crippen LogP contribution is 2.16. The Balaban J connectivity index is 2.67. The van der Waals surface area contributed by atoms with E-state index in [-0.39, 0.29) is 18.6 Å². The van der Waals surface area contributed by atoms with Crippen molar-refractivity contribution in [2.24, 2.45) is 16.3 Å². The first-order chi connectivity index (χ1) is 8.12. The largest absolute Gasteiger partial charge is 0.348 e. The summed E-state index contributed by atoms with van der Waals surface area (Å²) in [5.41, 5.74) is 8.51. The van der Waals surface area contributed by atoms with Crippen molar-refractivity contribution in [2.45, 2.75) is 46.4 Å². The van der Waals surface area contributed by atoms with E-state index in [9.17, 15) is 4.79 Å². The molecule has 0 spiro atoms. The summed E-state index contributed by atoms with van der Waals surface area (Å²) in [4.78, 5) is 11.7. The Morgan fingerprint density at radius 2 is 2.06 bits per heavy atom. The van der Waals surface area contributed by atoms with Gasteiger partial charge in [-0.1, -0.05) is 20.8 Å². The fraction of sp³-hybridized carbons (Fsp3) is 0.833. The molecule has 6 heteroatoms. The molecule has 1 heterocycles. The van der Waals surface area contributed by atoms with Crippen molar-refractivity contribution in [3.05, 3.63) is 0 Å². The molecule has 1 amide bonds. The lowest BCUT2D eigenvalue weighted by Gasteiger charge is -2.22. The van der Waals surface area contributed by atoms with E-state index < -0.39 is 11.2 Å². The highest BCUT2D eigenvalue weighted by molar-refractivity contribution is 5.92. The van der Waals surface area contributed by atoms with Gasteiger partial charge in [-0.05, 0) is 13.8 Å². The van der Waals surface area contributed by atoms with Crippen LogP contribution in [0.5, 0.6) is 0 Å². The normalized spacial score (nSPS) is 26.8. The van der Waals surface area contributed by atoms with Crippen LogP contribution >= 0.6 is 0 Å². The Labute approximate surface area is 108 Å². The van der Waals surface area contributed by atoms with Gasteiger partial charge in [0.05, 0.1) is 25.0 Å². The lowest BCUT2D eigenvalue weighted by Crippen LogP contribution is -2.39. The molecule has 1 unspecified atom stereocenters. The molecule has 0 aromatic heterocycles. The second-order valence-corrected chi connectivity index (χ2v) is 5.90. The van der Waals surface area contributed by atoms with Gasteiger partial charge in [-0.15, -0.1) is 0 Å². The van der Waals surface area contributed by atoms with E-state index >= 15 is 0 Å². The number of nitrogens with two attached hydrogens (primary N) is 1. The van der Waals surface area contributed by atoms with Gasteiger partial charge in [-0.2, -0.15) is 5.10 Å². The third-order valence-electron chi connectivity index (χ3n) is 2.59. The second-order valence-electron chi connectivity index (χ2n) is 5.90. The number of rotatable bonds is 1. The zero-order chi connectivity index (χ0) is 14.0. The van der Waals surface area contributed by atoms with Gasteiger partial charge in [-0.3, -0.25) is 4.79 Å². The Morgan fingerprint density at radius 1 is 1.44 bits per heavy atom. The van der Waals surface area contributed by atoms with E-state index in [1.807, 2.05) is 34.6 Å². The first kappa shape index (κ1) is 15.1. The van der Waals surface area contributed by atoms with E-state index in [2.05, 4.69) is 10.5 Å². The molecular formula is C12H23N3O3. The average molecular weight is 257 g/mol. The molecular weight excluding hydrogens is 234 g/mol. The molecule has 1 rings (SSSR count). The lowest BCUT2D eigenvalue weighted by molar-refractivity contribution is -0.197. The van der Waals surface area contributed by atoms with E-state index in [4.69, 9.17) is 15.2 Å². The molecule has 1 fully saturated rings. The number of carbonyl (C=O) groups is 1. The number of carbonyl (C=O) groups excluding carboxylic acids is 1. The van der Waals surface area contributed by atoms with Gasteiger partial charge in [0, 0.05) is 5.41 Å². The molecule has 104 valence electrons. The molecule has 0 radical (unpaired) electrons. The summed E-state index contributed by atoms with van der Waals surface area (Å²) in [6, 6.07) is -0.368. The molecule has 1 atom stereocenters. The quantitative estimate of drug-likeness (QED) is 0.674. The van der Waals surface area contributed by atoms with Gasteiger partial charge < -0.3 is 15.2 Å². The highest BCUT2D eigenvalue weighted by Gasteiger charge is 2.28. The fourth-order valence-electron chi connectivity index (χ4n) is 1.19. The Hall–Kier alpha value is -0.980. The smallest absolute Gasteiger partial charge is 0.245 e. The number of hydrogen-bond acceptors (Lipinski definition) is 5. The van der Waals surface area contributed by atoms with Gasteiger partial charge in [0.25, 0.3) is 0 Å². The molecule has 0 aromatic carbocycles. The molecule has 0 aliphatic carbocycles. The second kappa shape index (κ2) is 5.34. The molecule has 0 bridgehead atoms. The van der Waals surface area contributed by atoms with Crippen molar-refractivity contribution in [3.63, 3.8) is 0 Å². The number of ether oxygens (including phenoxy) is 2. The molecule has 0 aromatic rings. The van der Waals surface area contributed by atoms with Crippen LogP contribution in [0.25, 0.3) is 0 Å². The summed E-state index contributed by atoms with van der Waals surface area (Å²) in [7, 11) is 0. The first-order valence-electron chi connectivity index (χ1n) is 6.02. The predicted molar refractivity (Wildman–Crippen MR) is 69.0 cm³/mol. The van der Waals surface area contributed by atoms with Crippen LogP contribution in [-0.2, 0) is 14.3 Å². The van der Waals surface area contributed by atoms with Crippen molar-refractivity contribution in [1.82, 2.24) is 5.43 Å². The third-order valence-corrected chi connectivity index (χ3v) is 2.59. The first-order valence-corrected chi connectivity index (χ1v) is 6.02. The number of hydrazone groups is 1. The Kier molecular flexibility index (Phi) is 4.47. The van der Waals surface area contributed by atoms with Crippen molar-refractivity contribution in [3.8, 4) is 0 Å². The summed E-state index contributed by atoms with van der Waals surface area (Å²) in [5, 5.41) is 4.04. The molecule has 0 saturated carbocycles. The van der Waals surface area contributed by atoms with Crippen molar-refractivity contribution >= 4 is 11.6 Å². The summed E-state index contributed by atoms with van der Waals surface area (Å²) >= 11 is 0. The zero-order valence-electron chi connectivity index (χ0n) is 11.7. The molecule has 1 aliphatic rings. The zero-order valence-corrected chi connectivity index (χ0v) is 11.7. The third kappa shape index (κ3) is 4.36. The number of hydrogen-bond donors (Lipinski definition) is 2. The van der Waals surface area contributed by atoms with Crippen LogP contribution in [0.4, 0.5) is 0 Å².